The van der Waals surface area contributed by atoms with E-state index < -0.39 is 61.2 Å². The molecular weight excluding hydrogens is 575 g/mol. The van der Waals surface area contributed by atoms with Gasteiger partial charge in [-0.1, -0.05) is 30.3 Å². The van der Waals surface area contributed by atoms with Gasteiger partial charge < -0.3 is 35.4 Å². The fraction of sp³-hybridized carbons (Fsp3) is 0.353. The molecule has 1 saturated heterocycles. The zero-order valence-corrected chi connectivity index (χ0v) is 21.7. The van der Waals surface area contributed by atoms with E-state index in [0.717, 1.165) is 6.33 Å². The third-order valence-corrected chi connectivity index (χ3v) is 9.28. The van der Waals surface area contributed by atoms with E-state index in [2.05, 4.69) is 32.6 Å². The first-order valence-electron chi connectivity index (χ1n) is 10.5. The number of nitrogen functional groups attached to an aromatic ring is 1. The number of hydrogen-bond donors (Lipinski definition) is 6. The van der Waals surface area contributed by atoms with Crippen molar-refractivity contribution in [3.63, 3.8) is 0 Å². The smallest absolute Gasteiger partial charge is 0.387 e. The van der Waals surface area contributed by atoms with E-state index in [9.17, 15) is 38.6 Å². The van der Waals surface area contributed by atoms with Crippen molar-refractivity contribution in [2.45, 2.75) is 31.1 Å². The molecule has 38 heavy (non-hydrogen) atoms. The molecule has 18 nitrogen and oxygen atoms in total. The van der Waals surface area contributed by atoms with E-state index >= 15 is 0 Å². The van der Waals surface area contributed by atoms with Crippen molar-refractivity contribution in [1.82, 2.24) is 19.5 Å². The van der Waals surface area contributed by atoms with Gasteiger partial charge in [0.15, 0.2) is 17.7 Å². The van der Waals surface area contributed by atoms with Crippen LogP contribution in [0.5, 0.6) is 0 Å². The molecule has 7 N–H and O–H groups in total. The minimum atomic E-state index is -5.70. The van der Waals surface area contributed by atoms with Crippen LogP contribution in [0.2, 0.25) is 0 Å². The Bertz CT molecular complexity index is 1430. The molecule has 1 aromatic carbocycles. The standard InChI is InChI=1S/C17H22N5O13P3/c18-15-12-16(20-8-19-15)22(9-21-12)17-14(24)13(23)11(33-17)7-32-37(27,28)35-38(29,30)34-36(25,26)31-6-10-4-2-1-3-5-10/h1-5,8-9,11,13-14,17,23-24H,6-7H2,(H,25,26)(H,27,28)(H,29,30)(H2,18,19,20)/t11-,13?,14+,17-/m1/s1. The summed E-state index contributed by atoms with van der Waals surface area (Å²) in [5.74, 6) is 0.0496. The summed E-state index contributed by atoms with van der Waals surface area (Å²) in [6.45, 7) is -1.43. The first-order valence-corrected chi connectivity index (χ1v) is 14.9. The monoisotopic (exact) mass is 597 g/mol. The number of anilines is 1. The van der Waals surface area contributed by atoms with Gasteiger partial charge in [-0.15, -0.1) is 0 Å². The second-order valence-electron chi connectivity index (χ2n) is 7.75. The summed E-state index contributed by atoms with van der Waals surface area (Å²) in [7, 11) is -16.4. The molecule has 3 aromatic rings. The Balaban J connectivity index is 1.35. The lowest BCUT2D eigenvalue weighted by atomic mass is 10.1. The number of phosphoric acid groups is 3. The Morgan fingerprint density at radius 1 is 0.921 bits per heavy atom. The maximum Gasteiger partial charge on any atom is 0.490 e. The summed E-state index contributed by atoms with van der Waals surface area (Å²) in [5.41, 5.74) is 6.49. The van der Waals surface area contributed by atoms with E-state index in [4.69, 9.17) is 10.5 Å². The second-order valence-corrected chi connectivity index (χ2v) is 12.4. The SMILES string of the molecule is Nc1ncnc2c1ncn2[C@@H]1O[C@H](COP(=O)(O)OP(=O)(O)OP(=O)(O)OCc2ccccc2)C(O)[C@@H]1O. The number of nitrogens with zero attached hydrogens (tertiary/aromatic N) is 4. The average molecular weight is 597 g/mol. The van der Waals surface area contributed by atoms with Gasteiger partial charge in [0.05, 0.1) is 19.5 Å². The highest BCUT2D eigenvalue weighted by Gasteiger charge is 2.47. The van der Waals surface area contributed by atoms with Crippen LogP contribution in [-0.2, 0) is 42.7 Å². The van der Waals surface area contributed by atoms with Gasteiger partial charge in [0.2, 0.25) is 0 Å². The Hall–Kier alpha value is -2.14. The molecule has 1 aliphatic heterocycles. The summed E-state index contributed by atoms with van der Waals surface area (Å²) in [5, 5.41) is 20.7. The number of hydrogen-bond acceptors (Lipinski definition) is 14. The van der Waals surface area contributed by atoms with Crippen LogP contribution >= 0.6 is 23.5 Å². The van der Waals surface area contributed by atoms with Gasteiger partial charge in [-0.3, -0.25) is 13.6 Å². The van der Waals surface area contributed by atoms with Crippen LogP contribution in [0.3, 0.4) is 0 Å². The highest BCUT2D eigenvalue weighted by molar-refractivity contribution is 7.66. The van der Waals surface area contributed by atoms with Gasteiger partial charge in [0.25, 0.3) is 0 Å². The van der Waals surface area contributed by atoms with Crippen LogP contribution in [0, 0.1) is 0 Å². The van der Waals surface area contributed by atoms with Gasteiger partial charge in [0, 0.05) is 0 Å². The van der Waals surface area contributed by atoms with Crippen molar-refractivity contribution in [2.75, 3.05) is 12.3 Å². The number of ether oxygens (including phenoxy) is 1. The molecule has 4 rings (SSSR count). The Labute approximate surface area is 213 Å². The first kappa shape index (κ1) is 28.9. The predicted octanol–water partition coefficient (Wildman–Crippen LogP) is 0.595. The van der Waals surface area contributed by atoms with E-state index in [1.54, 1.807) is 18.2 Å². The zero-order valence-electron chi connectivity index (χ0n) is 19.0. The van der Waals surface area contributed by atoms with Gasteiger partial charge in [-0.05, 0) is 5.56 Å². The molecule has 208 valence electrons. The lowest BCUT2D eigenvalue weighted by molar-refractivity contribution is -0.0503. The summed E-state index contributed by atoms with van der Waals surface area (Å²) in [6.07, 6.45) is -3.64. The molecule has 0 spiro atoms. The number of aliphatic hydroxyl groups is 2. The third-order valence-electron chi connectivity index (χ3n) is 5.05. The summed E-state index contributed by atoms with van der Waals surface area (Å²) in [4.78, 5) is 41.0. The van der Waals surface area contributed by atoms with Crippen molar-refractivity contribution in [1.29, 1.82) is 0 Å². The van der Waals surface area contributed by atoms with Crippen molar-refractivity contribution < 1.29 is 61.0 Å². The zero-order chi connectivity index (χ0) is 27.7. The molecule has 7 atom stereocenters. The van der Waals surface area contributed by atoms with Crippen LogP contribution in [-0.4, -0.2) is 69.3 Å². The Morgan fingerprint density at radius 2 is 1.58 bits per heavy atom. The number of rotatable bonds is 11. The number of aromatic nitrogens is 4. The first-order chi connectivity index (χ1) is 17.8. The predicted molar refractivity (Wildman–Crippen MR) is 124 cm³/mol. The van der Waals surface area contributed by atoms with E-state index in [1.165, 1.54) is 23.0 Å². The molecule has 1 aliphatic rings. The summed E-state index contributed by atoms with van der Waals surface area (Å²) < 4.78 is 60.2. The Morgan fingerprint density at radius 3 is 2.26 bits per heavy atom. The fourth-order valence-electron chi connectivity index (χ4n) is 3.37. The number of imidazole rings is 1. The maximum atomic E-state index is 12.2. The number of nitrogens with two attached hydrogens (primary N) is 1. The van der Waals surface area contributed by atoms with Crippen molar-refractivity contribution >= 4 is 40.4 Å². The van der Waals surface area contributed by atoms with Crippen LogP contribution in [0.15, 0.2) is 43.0 Å². The van der Waals surface area contributed by atoms with Gasteiger partial charge in [-0.2, -0.15) is 8.62 Å². The largest absolute Gasteiger partial charge is 0.490 e. The van der Waals surface area contributed by atoms with Crippen molar-refractivity contribution in [3.8, 4) is 0 Å². The molecular formula is C17H22N5O13P3. The number of phosphoric ester groups is 2. The molecule has 3 heterocycles. The molecule has 21 heteroatoms. The third kappa shape index (κ3) is 6.89. The van der Waals surface area contributed by atoms with E-state index in [-0.39, 0.29) is 17.0 Å². The molecule has 1 fully saturated rings. The van der Waals surface area contributed by atoms with E-state index in [1.807, 2.05) is 0 Å². The lowest BCUT2D eigenvalue weighted by Crippen LogP contribution is -2.33. The van der Waals surface area contributed by atoms with Crippen molar-refractivity contribution in [3.05, 3.63) is 48.5 Å². The lowest BCUT2D eigenvalue weighted by Gasteiger charge is -2.20. The molecule has 0 amide bonds. The summed E-state index contributed by atoms with van der Waals surface area (Å²) in [6, 6.07) is 7.95. The summed E-state index contributed by atoms with van der Waals surface area (Å²) >= 11 is 0. The fourth-order valence-corrected chi connectivity index (χ4v) is 6.87. The second kappa shape index (κ2) is 11.2. The molecule has 0 radical (unpaired) electrons. The number of benzene rings is 1. The quantitative estimate of drug-likeness (QED) is 0.165. The number of aliphatic hydroxyl groups excluding tert-OH is 2. The molecule has 4 unspecified atom stereocenters. The highest BCUT2D eigenvalue weighted by Crippen LogP contribution is 2.67. The van der Waals surface area contributed by atoms with Gasteiger partial charge in [-0.25, -0.2) is 28.6 Å². The average Bonchev–Trinajstić information content (AvgIpc) is 3.38. The maximum absolute atomic E-state index is 12.2. The molecule has 0 aliphatic carbocycles. The topological polar surface area (TPSA) is 268 Å². The Kier molecular flexibility index (Phi) is 8.47. The van der Waals surface area contributed by atoms with Crippen LogP contribution in [0.1, 0.15) is 11.8 Å². The molecule has 0 bridgehead atoms. The van der Waals surface area contributed by atoms with Crippen LogP contribution < -0.4 is 5.73 Å². The molecule has 0 saturated carbocycles. The minimum absolute atomic E-state index is 0.0496. The normalized spacial score (nSPS) is 26.6. The van der Waals surface area contributed by atoms with Crippen LogP contribution in [0.25, 0.3) is 11.2 Å². The number of fused-ring (bicyclic) bond motifs is 1. The van der Waals surface area contributed by atoms with E-state index in [0.29, 0.717) is 5.56 Å². The van der Waals surface area contributed by atoms with Gasteiger partial charge in [0.1, 0.15) is 30.2 Å². The van der Waals surface area contributed by atoms with Gasteiger partial charge >= 0.3 is 23.5 Å². The highest BCUT2D eigenvalue weighted by atomic mass is 31.3. The van der Waals surface area contributed by atoms with Crippen molar-refractivity contribution in [2.24, 2.45) is 0 Å². The molecule has 2 aromatic heterocycles. The minimum Gasteiger partial charge on any atom is -0.387 e. The van der Waals surface area contributed by atoms with Crippen LogP contribution in [0.4, 0.5) is 5.82 Å².